The molecule has 3 rings (SSSR count). The van der Waals surface area contributed by atoms with Gasteiger partial charge in [0, 0.05) is 43.8 Å². The molecule has 12 heteroatoms. The van der Waals surface area contributed by atoms with Crippen LogP contribution >= 0.6 is 0 Å². The van der Waals surface area contributed by atoms with E-state index >= 15 is 0 Å². The van der Waals surface area contributed by atoms with Crippen molar-refractivity contribution in [3.8, 4) is 0 Å². The highest BCUT2D eigenvalue weighted by Gasteiger charge is 2.23. The fraction of sp³-hybridized carbons (Fsp3) is 0.611. The Bertz CT molecular complexity index is 952. The maximum Gasteiger partial charge on any atom is 0.257 e. The number of anilines is 3. The molecule has 0 bridgehead atoms. The van der Waals surface area contributed by atoms with Crippen LogP contribution in [-0.2, 0) is 16.4 Å². The molecule has 0 saturated carbocycles. The van der Waals surface area contributed by atoms with Crippen LogP contribution in [0.15, 0.2) is 18.6 Å². The minimum Gasteiger partial charge on any atom is -0.369 e. The van der Waals surface area contributed by atoms with E-state index in [1.807, 2.05) is 6.92 Å². The molecule has 0 amide bonds. The molecule has 1 aliphatic heterocycles. The van der Waals surface area contributed by atoms with Gasteiger partial charge in [-0.1, -0.05) is 0 Å². The summed E-state index contributed by atoms with van der Waals surface area (Å²) < 4.78 is 48.7. The van der Waals surface area contributed by atoms with Crippen molar-refractivity contribution in [3.05, 3.63) is 24.2 Å². The number of alkyl halides is 2. The third kappa shape index (κ3) is 6.87. The Kier molecular flexibility index (Phi) is 7.19. The Hall–Kier alpha value is -2.34. The van der Waals surface area contributed by atoms with Gasteiger partial charge in [0.1, 0.15) is 22.2 Å². The Labute approximate surface area is 174 Å². The van der Waals surface area contributed by atoms with Crippen LogP contribution in [0.4, 0.5) is 26.2 Å². The largest absolute Gasteiger partial charge is 0.369 e. The van der Waals surface area contributed by atoms with Crippen molar-refractivity contribution in [2.24, 2.45) is 5.92 Å². The summed E-state index contributed by atoms with van der Waals surface area (Å²) in [5, 5.41) is 10.2. The van der Waals surface area contributed by atoms with Gasteiger partial charge in [-0.3, -0.25) is 4.68 Å². The van der Waals surface area contributed by atoms with Crippen molar-refractivity contribution >= 4 is 27.3 Å². The molecule has 0 radical (unpaired) electrons. The Balaban J connectivity index is 1.52. The van der Waals surface area contributed by atoms with Gasteiger partial charge in [-0.05, 0) is 25.8 Å². The summed E-state index contributed by atoms with van der Waals surface area (Å²) in [5.74, 6) is 1.63. The molecular formula is C18H27F2N7O2S. The average molecular weight is 444 g/mol. The highest BCUT2D eigenvalue weighted by Crippen LogP contribution is 2.20. The second-order valence-electron chi connectivity index (χ2n) is 7.66. The quantitative estimate of drug-likeness (QED) is 0.573. The van der Waals surface area contributed by atoms with Gasteiger partial charge < -0.3 is 15.5 Å². The van der Waals surface area contributed by atoms with E-state index in [1.54, 1.807) is 6.20 Å². The topological polar surface area (TPSA) is 105 Å². The minimum absolute atomic E-state index is 0.182. The molecule has 0 aliphatic carbocycles. The summed E-state index contributed by atoms with van der Waals surface area (Å²) in [5.41, 5.74) is 1.42. The van der Waals surface area contributed by atoms with Gasteiger partial charge >= 0.3 is 0 Å². The predicted octanol–water partition coefficient (Wildman–Crippen LogP) is 1.77. The third-order valence-electron chi connectivity index (χ3n) is 4.89. The van der Waals surface area contributed by atoms with E-state index in [-0.39, 0.29) is 5.75 Å². The summed E-state index contributed by atoms with van der Waals surface area (Å²) in [7, 11) is -2.95. The number of hydrogen-bond donors (Lipinski definition) is 2. The standard InChI is InChI=1S/C18H27F2N7O2S/c1-13-7-22-18(24-15-9-23-27(11-15)12-16(19)20)25-17(13)21-8-14-3-4-26(10-14)5-6-30(2,28)29/h7,9,11,14,16H,3-6,8,10,12H2,1-2H3,(H2,21,22,24,25). The molecular weight excluding hydrogens is 416 g/mol. The maximum atomic E-state index is 12.4. The van der Waals surface area contributed by atoms with Gasteiger partial charge in [0.25, 0.3) is 6.43 Å². The Morgan fingerprint density at radius 1 is 1.33 bits per heavy atom. The molecule has 0 spiro atoms. The molecule has 166 valence electrons. The highest BCUT2D eigenvalue weighted by molar-refractivity contribution is 7.90. The van der Waals surface area contributed by atoms with E-state index in [4.69, 9.17) is 0 Å². The highest BCUT2D eigenvalue weighted by atomic mass is 32.2. The molecule has 1 fully saturated rings. The second-order valence-corrected chi connectivity index (χ2v) is 9.92. The number of likely N-dealkylation sites (tertiary alicyclic amines) is 1. The Morgan fingerprint density at radius 2 is 2.13 bits per heavy atom. The van der Waals surface area contributed by atoms with Crippen LogP contribution in [0.2, 0.25) is 0 Å². The Morgan fingerprint density at radius 3 is 2.87 bits per heavy atom. The minimum atomic E-state index is -2.95. The number of hydrogen-bond acceptors (Lipinski definition) is 8. The molecule has 1 saturated heterocycles. The van der Waals surface area contributed by atoms with Crippen molar-refractivity contribution in [2.45, 2.75) is 26.3 Å². The molecule has 2 aromatic rings. The number of aryl methyl sites for hydroxylation is 1. The first-order chi connectivity index (χ1) is 14.2. The second kappa shape index (κ2) is 9.65. The maximum absolute atomic E-state index is 12.4. The SMILES string of the molecule is Cc1cnc(Nc2cnn(CC(F)F)c2)nc1NCC1CCN(CCS(C)(=O)=O)C1. The predicted molar refractivity (Wildman–Crippen MR) is 111 cm³/mol. The first-order valence-corrected chi connectivity index (χ1v) is 11.8. The number of halogens is 2. The van der Waals surface area contributed by atoms with Gasteiger partial charge in [-0.15, -0.1) is 0 Å². The summed E-state index contributed by atoms with van der Waals surface area (Å²) in [6.45, 7) is 4.46. The summed E-state index contributed by atoms with van der Waals surface area (Å²) >= 11 is 0. The summed E-state index contributed by atoms with van der Waals surface area (Å²) in [6, 6.07) is 0. The number of rotatable bonds is 10. The lowest BCUT2D eigenvalue weighted by atomic mass is 10.1. The molecule has 30 heavy (non-hydrogen) atoms. The molecule has 0 aromatic carbocycles. The number of sulfone groups is 1. The van der Waals surface area contributed by atoms with Crippen LogP contribution in [0.25, 0.3) is 0 Å². The molecule has 9 nitrogen and oxygen atoms in total. The van der Waals surface area contributed by atoms with Crippen molar-refractivity contribution in [1.82, 2.24) is 24.6 Å². The zero-order chi connectivity index (χ0) is 21.7. The first kappa shape index (κ1) is 22.3. The molecule has 2 aromatic heterocycles. The fourth-order valence-corrected chi connectivity index (χ4v) is 3.89. The third-order valence-corrected chi connectivity index (χ3v) is 5.82. The van der Waals surface area contributed by atoms with Gasteiger partial charge in [0.2, 0.25) is 5.95 Å². The van der Waals surface area contributed by atoms with Crippen LogP contribution in [0, 0.1) is 12.8 Å². The molecule has 1 unspecified atom stereocenters. The van der Waals surface area contributed by atoms with Crippen molar-refractivity contribution < 1.29 is 17.2 Å². The molecule has 1 aliphatic rings. The van der Waals surface area contributed by atoms with Gasteiger partial charge in [0.15, 0.2) is 0 Å². The van der Waals surface area contributed by atoms with E-state index in [9.17, 15) is 17.2 Å². The summed E-state index contributed by atoms with van der Waals surface area (Å²) in [6.07, 6.45) is 4.40. The first-order valence-electron chi connectivity index (χ1n) is 9.73. The van der Waals surface area contributed by atoms with Crippen LogP contribution < -0.4 is 10.6 Å². The normalized spacial score (nSPS) is 17.6. The lowest BCUT2D eigenvalue weighted by Crippen LogP contribution is -2.28. The van der Waals surface area contributed by atoms with Crippen LogP contribution in [0.3, 0.4) is 0 Å². The zero-order valence-electron chi connectivity index (χ0n) is 17.1. The molecule has 1 atom stereocenters. The number of nitrogens with zero attached hydrogens (tertiary/aromatic N) is 5. The molecule has 3 heterocycles. The number of aromatic nitrogens is 4. The van der Waals surface area contributed by atoms with Crippen LogP contribution in [-0.4, -0.2) is 77.7 Å². The van der Waals surface area contributed by atoms with Gasteiger partial charge in [0.05, 0.1) is 17.6 Å². The van der Waals surface area contributed by atoms with E-state index in [0.717, 1.165) is 36.3 Å². The monoisotopic (exact) mass is 443 g/mol. The van der Waals surface area contributed by atoms with E-state index < -0.39 is 22.8 Å². The van der Waals surface area contributed by atoms with E-state index in [1.165, 1.54) is 18.6 Å². The van der Waals surface area contributed by atoms with Crippen molar-refractivity contribution in [1.29, 1.82) is 0 Å². The van der Waals surface area contributed by atoms with Crippen molar-refractivity contribution in [3.63, 3.8) is 0 Å². The fourth-order valence-electron chi connectivity index (χ4n) is 3.30. The van der Waals surface area contributed by atoms with E-state index in [0.29, 0.717) is 29.9 Å². The number of nitrogens with one attached hydrogen (secondary N) is 2. The summed E-state index contributed by atoms with van der Waals surface area (Å²) in [4.78, 5) is 10.9. The zero-order valence-corrected chi connectivity index (χ0v) is 17.9. The van der Waals surface area contributed by atoms with Gasteiger partial charge in [-0.25, -0.2) is 22.2 Å². The lowest BCUT2D eigenvalue weighted by molar-refractivity contribution is 0.122. The average Bonchev–Trinajstić information content (AvgIpc) is 3.29. The van der Waals surface area contributed by atoms with Crippen LogP contribution in [0.5, 0.6) is 0 Å². The smallest absolute Gasteiger partial charge is 0.257 e. The van der Waals surface area contributed by atoms with Crippen LogP contribution in [0.1, 0.15) is 12.0 Å². The van der Waals surface area contributed by atoms with Crippen molar-refractivity contribution in [2.75, 3.05) is 48.8 Å². The lowest BCUT2D eigenvalue weighted by Gasteiger charge is -2.16. The molecule has 2 N–H and O–H groups in total. The van der Waals surface area contributed by atoms with Gasteiger partial charge in [-0.2, -0.15) is 10.1 Å². The van der Waals surface area contributed by atoms with E-state index in [2.05, 4.69) is 30.6 Å².